The lowest BCUT2D eigenvalue weighted by Gasteiger charge is -2.42. The van der Waals surface area contributed by atoms with Gasteiger partial charge in [0.2, 0.25) is 0 Å². The van der Waals surface area contributed by atoms with E-state index in [0.717, 1.165) is 19.0 Å². The monoisotopic (exact) mass is 267 g/mol. The predicted octanol–water partition coefficient (Wildman–Crippen LogP) is 4.28. The molecule has 0 spiro atoms. The lowest BCUT2D eigenvalue weighted by atomic mass is 9.78. The average Bonchev–Trinajstić information content (AvgIpc) is 2.65. The van der Waals surface area contributed by atoms with Gasteiger partial charge in [0.25, 0.3) is 0 Å². The first-order valence-corrected chi connectivity index (χ1v) is 8.63. The molecule has 2 heteroatoms. The van der Waals surface area contributed by atoms with Crippen molar-refractivity contribution in [1.29, 1.82) is 0 Å². The smallest absolute Gasteiger partial charge is 0.0812 e. The molecule has 0 radical (unpaired) electrons. The van der Waals surface area contributed by atoms with Crippen LogP contribution in [0.2, 0.25) is 0 Å². The van der Waals surface area contributed by atoms with E-state index in [4.69, 9.17) is 4.74 Å². The summed E-state index contributed by atoms with van der Waals surface area (Å²) in [4.78, 5) is 0. The van der Waals surface area contributed by atoms with Gasteiger partial charge >= 0.3 is 0 Å². The summed E-state index contributed by atoms with van der Waals surface area (Å²) in [5.74, 6) is 0.832. The fourth-order valence-corrected chi connectivity index (χ4v) is 3.99. The number of rotatable bonds is 5. The van der Waals surface area contributed by atoms with Crippen molar-refractivity contribution in [2.75, 3.05) is 13.1 Å². The van der Waals surface area contributed by atoms with Crippen LogP contribution < -0.4 is 5.32 Å². The summed E-state index contributed by atoms with van der Waals surface area (Å²) in [6.07, 6.45) is 14.0. The van der Waals surface area contributed by atoms with Gasteiger partial charge in [-0.25, -0.2) is 0 Å². The highest BCUT2D eigenvalue weighted by molar-refractivity contribution is 4.90. The highest BCUT2D eigenvalue weighted by atomic mass is 16.5. The zero-order valence-corrected chi connectivity index (χ0v) is 13.0. The molecule has 0 aromatic rings. The van der Waals surface area contributed by atoms with Gasteiger partial charge in [-0.15, -0.1) is 0 Å². The average molecular weight is 267 g/mol. The van der Waals surface area contributed by atoms with Gasteiger partial charge < -0.3 is 10.1 Å². The van der Waals surface area contributed by atoms with Gasteiger partial charge in [0.15, 0.2) is 0 Å². The maximum atomic E-state index is 6.71. The highest BCUT2D eigenvalue weighted by Crippen LogP contribution is 2.37. The minimum absolute atomic E-state index is 0.142. The van der Waals surface area contributed by atoms with Crippen molar-refractivity contribution >= 4 is 0 Å². The first kappa shape index (κ1) is 15.3. The van der Waals surface area contributed by atoms with Crippen LogP contribution in [0.3, 0.4) is 0 Å². The Morgan fingerprint density at radius 2 is 1.79 bits per heavy atom. The maximum absolute atomic E-state index is 6.71. The fourth-order valence-electron chi connectivity index (χ4n) is 3.99. The molecule has 0 amide bonds. The van der Waals surface area contributed by atoms with E-state index in [9.17, 15) is 0 Å². The molecule has 0 aromatic carbocycles. The van der Waals surface area contributed by atoms with E-state index in [1.165, 1.54) is 64.2 Å². The zero-order chi connectivity index (χ0) is 13.6. The van der Waals surface area contributed by atoms with Crippen molar-refractivity contribution in [3.63, 3.8) is 0 Å². The standard InChI is InChI=1S/C17H33NO/c1-3-18-14-17(12-8-9-15(2)13-17)19-16-10-6-4-5-7-11-16/h15-16,18H,3-14H2,1-2H3. The summed E-state index contributed by atoms with van der Waals surface area (Å²) in [5.41, 5.74) is 0.142. The predicted molar refractivity (Wildman–Crippen MR) is 81.5 cm³/mol. The maximum Gasteiger partial charge on any atom is 0.0812 e. The van der Waals surface area contributed by atoms with Crippen LogP contribution in [-0.4, -0.2) is 24.8 Å². The van der Waals surface area contributed by atoms with Gasteiger partial charge in [-0.1, -0.05) is 52.4 Å². The zero-order valence-electron chi connectivity index (χ0n) is 13.0. The Morgan fingerprint density at radius 1 is 1.05 bits per heavy atom. The van der Waals surface area contributed by atoms with E-state index >= 15 is 0 Å². The lowest BCUT2D eigenvalue weighted by molar-refractivity contribution is -0.124. The number of hydrogen-bond donors (Lipinski definition) is 1. The summed E-state index contributed by atoms with van der Waals surface area (Å²) in [6.45, 7) is 6.72. The van der Waals surface area contributed by atoms with E-state index < -0.39 is 0 Å². The molecule has 0 saturated heterocycles. The van der Waals surface area contributed by atoms with Gasteiger partial charge in [0, 0.05) is 6.54 Å². The minimum atomic E-state index is 0.142. The first-order chi connectivity index (χ1) is 9.24. The lowest BCUT2D eigenvalue weighted by Crippen LogP contribution is -2.48. The molecule has 1 N–H and O–H groups in total. The first-order valence-electron chi connectivity index (χ1n) is 8.63. The summed E-state index contributed by atoms with van der Waals surface area (Å²) in [6, 6.07) is 0. The second-order valence-electron chi connectivity index (χ2n) is 6.90. The molecule has 2 nitrogen and oxygen atoms in total. The van der Waals surface area contributed by atoms with E-state index in [0.29, 0.717) is 6.10 Å². The third-order valence-corrected chi connectivity index (χ3v) is 4.97. The summed E-state index contributed by atoms with van der Waals surface area (Å²) < 4.78 is 6.71. The molecule has 19 heavy (non-hydrogen) atoms. The molecule has 2 aliphatic rings. The van der Waals surface area contributed by atoms with Crippen LogP contribution in [0.15, 0.2) is 0 Å². The van der Waals surface area contributed by atoms with E-state index in [1.54, 1.807) is 0 Å². The van der Waals surface area contributed by atoms with Crippen molar-refractivity contribution in [3.8, 4) is 0 Å². The molecule has 112 valence electrons. The molecule has 2 aliphatic carbocycles. The second kappa shape index (κ2) is 7.64. The Kier molecular flexibility index (Phi) is 6.15. The van der Waals surface area contributed by atoms with Gasteiger partial charge in [-0.3, -0.25) is 0 Å². The minimum Gasteiger partial charge on any atom is -0.370 e. The topological polar surface area (TPSA) is 21.3 Å². The third kappa shape index (κ3) is 4.75. The Labute approximate surface area is 119 Å². The van der Waals surface area contributed by atoms with Crippen LogP contribution in [0.1, 0.15) is 78.1 Å². The second-order valence-corrected chi connectivity index (χ2v) is 6.90. The van der Waals surface area contributed by atoms with Crippen molar-refractivity contribution in [2.45, 2.75) is 89.8 Å². The molecule has 2 fully saturated rings. The molecule has 2 unspecified atom stereocenters. The van der Waals surface area contributed by atoms with Gasteiger partial charge in [-0.2, -0.15) is 0 Å². The molecule has 0 bridgehead atoms. The Morgan fingerprint density at radius 3 is 2.42 bits per heavy atom. The summed E-state index contributed by atoms with van der Waals surface area (Å²) in [5, 5.41) is 3.56. The molecule has 0 aromatic heterocycles. The largest absolute Gasteiger partial charge is 0.370 e. The number of ether oxygens (including phenoxy) is 1. The summed E-state index contributed by atoms with van der Waals surface area (Å²) in [7, 11) is 0. The molecule has 2 saturated carbocycles. The van der Waals surface area contributed by atoms with Gasteiger partial charge in [-0.05, 0) is 38.1 Å². The van der Waals surface area contributed by atoms with Crippen molar-refractivity contribution in [3.05, 3.63) is 0 Å². The van der Waals surface area contributed by atoms with E-state index in [2.05, 4.69) is 19.2 Å². The number of likely N-dealkylation sites (N-methyl/N-ethyl adjacent to an activating group) is 1. The van der Waals surface area contributed by atoms with Gasteiger partial charge in [0.1, 0.15) is 0 Å². The van der Waals surface area contributed by atoms with E-state index in [-0.39, 0.29) is 5.60 Å². The van der Waals surface area contributed by atoms with Crippen molar-refractivity contribution in [2.24, 2.45) is 5.92 Å². The molecule has 0 aliphatic heterocycles. The normalized spacial score (nSPS) is 34.1. The quantitative estimate of drug-likeness (QED) is 0.751. The Bertz CT molecular complexity index is 248. The van der Waals surface area contributed by atoms with Crippen LogP contribution in [-0.2, 0) is 4.74 Å². The number of nitrogens with one attached hydrogen (secondary N) is 1. The van der Waals surface area contributed by atoms with Gasteiger partial charge in [0.05, 0.1) is 11.7 Å². The molecule has 2 rings (SSSR count). The summed E-state index contributed by atoms with van der Waals surface area (Å²) >= 11 is 0. The van der Waals surface area contributed by atoms with Crippen molar-refractivity contribution < 1.29 is 4.74 Å². The number of hydrogen-bond acceptors (Lipinski definition) is 2. The van der Waals surface area contributed by atoms with Crippen LogP contribution in [0.5, 0.6) is 0 Å². The highest BCUT2D eigenvalue weighted by Gasteiger charge is 2.37. The fraction of sp³-hybridized carbons (Fsp3) is 1.00. The van der Waals surface area contributed by atoms with E-state index in [1.807, 2.05) is 0 Å². The Hall–Kier alpha value is -0.0800. The molecule has 2 atom stereocenters. The molecule has 0 heterocycles. The molecular weight excluding hydrogens is 234 g/mol. The Balaban J connectivity index is 1.95. The van der Waals surface area contributed by atoms with Crippen LogP contribution in [0.4, 0.5) is 0 Å². The van der Waals surface area contributed by atoms with Crippen molar-refractivity contribution in [1.82, 2.24) is 5.32 Å². The third-order valence-electron chi connectivity index (χ3n) is 4.97. The van der Waals surface area contributed by atoms with Crippen LogP contribution >= 0.6 is 0 Å². The molecular formula is C17H33NO. The van der Waals surface area contributed by atoms with Crippen LogP contribution in [0, 0.1) is 5.92 Å². The van der Waals surface area contributed by atoms with Crippen LogP contribution in [0.25, 0.3) is 0 Å². The SMILES string of the molecule is CCNCC1(OC2CCCCCC2)CCCC(C)C1.